The fourth-order valence-electron chi connectivity index (χ4n) is 2.99. The van der Waals surface area contributed by atoms with E-state index in [1.54, 1.807) is 6.33 Å². The molecule has 0 amide bonds. The summed E-state index contributed by atoms with van der Waals surface area (Å²) in [5, 5.41) is 7.01. The lowest BCUT2D eigenvalue weighted by Gasteiger charge is -2.23. The summed E-state index contributed by atoms with van der Waals surface area (Å²) in [6, 6.07) is 0.574. The third-order valence-corrected chi connectivity index (χ3v) is 4.09. The van der Waals surface area contributed by atoms with E-state index in [1.807, 2.05) is 0 Å². The third kappa shape index (κ3) is 4.09. The van der Waals surface area contributed by atoms with Gasteiger partial charge in [-0.1, -0.05) is 39.0 Å². The fourth-order valence-corrected chi connectivity index (χ4v) is 2.99. The van der Waals surface area contributed by atoms with Crippen molar-refractivity contribution in [1.29, 1.82) is 0 Å². The van der Waals surface area contributed by atoms with Crippen LogP contribution >= 0.6 is 0 Å². The van der Waals surface area contributed by atoms with Crippen molar-refractivity contribution in [3.05, 3.63) is 11.9 Å². The van der Waals surface area contributed by atoms with Crippen LogP contribution in [0.1, 0.15) is 64.4 Å². The first-order valence-electron chi connectivity index (χ1n) is 8.19. The lowest BCUT2D eigenvalue weighted by molar-refractivity contribution is 0.470. The Morgan fingerprint density at radius 3 is 2.30 bits per heavy atom. The molecule has 20 heavy (non-hydrogen) atoms. The molecule has 0 radical (unpaired) electrons. The minimum atomic E-state index is 0.574. The molecule has 1 heterocycles. The highest BCUT2D eigenvalue weighted by Crippen LogP contribution is 2.24. The Kier molecular flexibility index (Phi) is 6.09. The zero-order valence-corrected chi connectivity index (χ0v) is 12.9. The fraction of sp³-hybridized carbons (Fsp3) is 0.750. The number of anilines is 2. The van der Waals surface area contributed by atoms with Crippen molar-refractivity contribution in [3.8, 4) is 0 Å². The van der Waals surface area contributed by atoms with Gasteiger partial charge in [0.1, 0.15) is 18.0 Å². The van der Waals surface area contributed by atoms with Gasteiger partial charge in [0.05, 0.1) is 0 Å². The number of nitrogens with one attached hydrogen (secondary N) is 2. The smallest absolute Gasteiger partial charge is 0.134 e. The molecule has 1 aliphatic rings. The van der Waals surface area contributed by atoms with Crippen LogP contribution in [0, 0.1) is 0 Å². The van der Waals surface area contributed by atoms with Crippen LogP contribution in [-0.2, 0) is 6.42 Å². The van der Waals surface area contributed by atoms with Crippen molar-refractivity contribution in [1.82, 2.24) is 9.97 Å². The van der Waals surface area contributed by atoms with Crippen LogP contribution in [0.25, 0.3) is 0 Å². The Hall–Kier alpha value is -1.32. The monoisotopic (exact) mass is 276 g/mol. The summed E-state index contributed by atoms with van der Waals surface area (Å²) < 4.78 is 0. The second-order valence-corrected chi connectivity index (χ2v) is 5.62. The van der Waals surface area contributed by atoms with Gasteiger partial charge in [-0.2, -0.15) is 0 Å². The predicted octanol–water partition coefficient (Wildman–Crippen LogP) is 4.00. The molecule has 2 rings (SSSR count). The van der Waals surface area contributed by atoms with Crippen molar-refractivity contribution in [2.45, 2.75) is 71.3 Å². The highest BCUT2D eigenvalue weighted by Gasteiger charge is 2.15. The van der Waals surface area contributed by atoms with E-state index in [0.29, 0.717) is 6.04 Å². The van der Waals surface area contributed by atoms with Crippen LogP contribution in [0.5, 0.6) is 0 Å². The zero-order valence-electron chi connectivity index (χ0n) is 12.9. The van der Waals surface area contributed by atoms with Gasteiger partial charge in [-0.25, -0.2) is 9.97 Å². The summed E-state index contributed by atoms with van der Waals surface area (Å²) in [6.45, 7) is 5.17. The molecule has 0 spiro atoms. The van der Waals surface area contributed by atoms with Crippen molar-refractivity contribution in [2.75, 3.05) is 17.2 Å². The van der Waals surface area contributed by atoms with Gasteiger partial charge in [0.25, 0.3) is 0 Å². The van der Waals surface area contributed by atoms with Gasteiger partial charge < -0.3 is 10.6 Å². The van der Waals surface area contributed by atoms with E-state index in [0.717, 1.165) is 24.6 Å². The van der Waals surface area contributed by atoms with Crippen LogP contribution in [0.4, 0.5) is 11.6 Å². The Morgan fingerprint density at radius 1 is 1.00 bits per heavy atom. The van der Waals surface area contributed by atoms with Crippen LogP contribution in [-0.4, -0.2) is 22.6 Å². The molecule has 0 aliphatic heterocycles. The SMILES string of the molecule is CCNc1ncnc(NC2CCCCCCC2)c1CC. The largest absolute Gasteiger partial charge is 0.370 e. The van der Waals surface area contributed by atoms with Gasteiger partial charge in [-0.05, 0) is 26.2 Å². The summed E-state index contributed by atoms with van der Waals surface area (Å²) in [5.41, 5.74) is 1.22. The molecular formula is C16H28N4. The molecule has 1 saturated carbocycles. The minimum Gasteiger partial charge on any atom is -0.370 e. The third-order valence-electron chi connectivity index (χ3n) is 4.09. The van der Waals surface area contributed by atoms with Gasteiger partial charge >= 0.3 is 0 Å². The predicted molar refractivity (Wildman–Crippen MR) is 85.3 cm³/mol. The van der Waals surface area contributed by atoms with E-state index in [-0.39, 0.29) is 0 Å². The average Bonchev–Trinajstić information content (AvgIpc) is 2.42. The quantitative estimate of drug-likeness (QED) is 0.853. The lowest BCUT2D eigenvalue weighted by atomic mass is 9.96. The van der Waals surface area contributed by atoms with E-state index >= 15 is 0 Å². The second kappa shape index (κ2) is 8.08. The molecule has 4 heteroatoms. The van der Waals surface area contributed by atoms with Crippen LogP contribution in [0.15, 0.2) is 6.33 Å². The van der Waals surface area contributed by atoms with Crippen LogP contribution in [0.2, 0.25) is 0 Å². The summed E-state index contributed by atoms with van der Waals surface area (Å²) in [7, 11) is 0. The van der Waals surface area contributed by atoms with Crippen molar-refractivity contribution in [2.24, 2.45) is 0 Å². The Morgan fingerprint density at radius 2 is 1.65 bits per heavy atom. The first kappa shape index (κ1) is 15.1. The zero-order chi connectivity index (χ0) is 14.2. The van der Waals surface area contributed by atoms with Gasteiger partial charge in [0.15, 0.2) is 0 Å². The maximum atomic E-state index is 4.48. The first-order valence-corrected chi connectivity index (χ1v) is 8.19. The molecule has 4 nitrogen and oxygen atoms in total. The summed E-state index contributed by atoms with van der Waals surface area (Å²) in [5.74, 6) is 2.02. The molecule has 0 unspecified atom stereocenters. The van der Waals surface area contributed by atoms with E-state index in [9.17, 15) is 0 Å². The first-order chi connectivity index (χ1) is 9.85. The minimum absolute atomic E-state index is 0.574. The molecule has 0 bridgehead atoms. The molecule has 0 atom stereocenters. The lowest BCUT2D eigenvalue weighted by Crippen LogP contribution is -2.22. The number of aromatic nitrogens is 2. The molecule has 1 aromatic heterocycles. The number of hydrogen-bond donors (Lipinski definition) is 2. The van der Waals surface area contributed by atoms with E-state index < -0.39 is 0 Å². The van der Waals surface area contributed by atoms with E-state index in [4.69, 9.17) is 0 Å². The standard InChI is InChI=1S/C16H28N4/c1-3-14-15(17-4-2)18-12-19-16(14)20-13-10-8-6-5-7-9-11-13/h12-13H,3-11H2,1-2H3,(H2,17,18,19,20). The number of nitrogens with zero attached hydrogens (tertiary/aromatic N) is 2. The Bertz CT molecular complexity index is 397. The Labute approximate surface area is 122 Å². The maximum Gasteiger partial charge on any atom is 0.134 e. The van der Waals surface area contributed by atoms with Gasteiger partial charge in [0.2, 0.25) is 0 Å². The van der Waals surface area contributed by atoms with E-state index in [2.05, 4.69) is 34.4 Å². The Balaban J connectivity index is 2.08. The maximum absolute atomic E-state index is 4.48. The molecule has 0 aromatic carbocycles. The molecule has 0 saturated heterocycles. The van der Waals surface area contributed by atoms with Gasteiger partial charge in [-0.3, -0.25) is 0 Å². The number of rotatable bonds is 5. The van der Waals surface area contributed by atoms with Crippen LogP contribution in [0.3, 0.4) is 0 Å². The second-order valence-electron chi connectivity index (χ2n) is 5.62. The molecule has 2 N–H and O–H groups in total. The van der Waals surface area contributed by atoms with E-state index in [1.165, 1.54) is 50.5 Å². The summed E-state index contributed by atoms with van der Waals surface area (Å²) >= 11 is 0. The molecular weight excluding hydrogens is 248 g/mol. The van der Waals surface area contributed by atoms with Crippen molar-refractivity contribution >= 4 is 11.6 Å². The topological polar surface area (TPSA) is 49.8 Å². The molecule has 1 fully saturated rings. The van der Waals surface area contributed by atoms with Gasteiger partial charge in [0, 0.05) is 18.2 Å². The van der Waals surface area contributed by atoms with Crippen molar-refractivity contribution in [3.63, 3.8) is 0 Å². The molecule has 1 aliphatic carbocycles. The summed E-state index contributed by atoms with van der Waals surface area (Å²) in [6.07, 6.45) is 12.0. The normalized spacial score (nSPS) is 17.3. The van der Waals surface area contributed by atoms with Gasteiger partial charge in [-0.15, -0.1) is 0 Å². The number of hydrogen-bond acceptors (Lipinski definition) is 4. The van der Waals surface area contributed by atoms with Crippen molar-refractivity contribution < 1.29 is 0 Å². The summed E-state index contributed by atoms with van der Waals surface area (Å²) in [4.78, 5) is 8.84. The highest BCUT2D eigenvalue weighted by molar-refractivity contribution is 5.57. The highest BCUT2D eigenvalue weighted by atomic mass is 15.1. The molecule has 112 valence electrons. The average molecular weight is 276 g/mol. The van der Waals surface area contributed by atoms with Crippen LogP contribution < -0.4 is 10.6 Å². The molecule has 1 aromatic rings.